The van der Waals surface area contributed by atoms with E-state index in [1.807, 2.05) is 12.1 Å². The fourth-order valence-corrected chi connectivity index (χ4v) is 2.59. The Morgan fingerprint density at radius 1 is 1.00 bits per heavy atom. The van der Waals surface area contributed by atoms with Gasteiger partial charge >= 0.3 is 5.63 Å². The van der Waals surface area contributed by atoms with Crippen LogP contribution in [0, 0.1) is 0 Å². The zero-order valence-electron chi connectivity index (χ0n) is 12.1. The molecule has 21 heavy (non-hydrogen) atoms. The summed E-state index contributed by atoms with van der Waals surface area (Å²) in [5.74, 6) is 0. The average Bonchev–Trinajstić information content (AvgIpc) is 2.93. The Hall–Kier alpha value is -1.30. The van der Waals surface area contributed by atoms with Gasteiger partial charge < -0.3 is 8.83 Å². The van der Waals surface area contributed by atoms with Crippen LogP contribution in [0.4, 0.5) is 0 Å². The van der Waals surface area contributed by atoms with Gasteiger partial charge in [-0.25, -0.2) is 4.79 Å². The highest BCUT2D eigenvalue weighted by atomic mass is 127. The second kappa shape index (κ2) is 8.22. The molecule has 0 N–H and O–H groups in total. The van der Waals surface area contributed by atoms with Gasteiger partial charge in [0, 0.05) is 22.9 Å². The van der Waals surface area contributed by atoms with Crippen LogP contribution in [-0.4, -0.2) is 4.43 Å². The van der Waals surface area contributed by atoms with E-state index >= 15 is 0 Å². The quantitative estimate of drug-likeness (QED) is 0.251. The first-order valence-electron chi connectivity index (χ1n) is 7.21. The molecule has 112 valence electrons. The maximum Gasteiger partial charge on any atom is 0.336 e. The van der Waals surface area contributed by atoms with E-state index in [1.54, 1.807) is 18.4 Å². The molecule has 0 saturated heterocycles. The van der Waals surface area contributed by atoms with Crippen LogP contribution in [-0.2, 0) is 0 Å². The predicted octanol–water partition coefficient (Wildman–Crippen LogP) is 5.54. The molecule has 0 saturated carbocycles. The number of rotatable bonds is 4. The van der Waals surface area contributed by atoms with Crippen molar-refractivity contribution < 1.29 is 8.83 Å². The van der Waals surface area contributed by atoms with Gasteiger partial charge in [-0.1, -0.05) is 48.8 Å². The van der Waals surface area contributed by atoms with Gasteiger partial charge in [0.1, 0.15) is 11.2 Å². The second-order valence-electron chi connectivity index (χ2n) is 4.85. The van der Waals surface area contributed by atoms with Crippen molar-refractivity contribution in [2.45, 2.75) is 32.6 Å². The average molecular weight is 398 g/mol. The molecule has 3 nitrogen and oxygen atoms in total. The first-order chi connectivity index (χ1) is 10.2. The number of furan rings is 1. The molecule has 0 aliphatic carbocycles. The standard InChI is InChI=1S/C11H6O3.C6H13I/c12-11-2-1-7-5-8-3-4-13-9(8)6-10(7)14-11;1-2-3-4-5-6-7/h1-6H;2-6H2,1H3. The van der Waals surface area contributed by atoms with E-state index in [4.69, 9.17) is 8.83 Å². The number of hydrogen-bond acceptors (Lipinski definition) is 3. The lowest BCUT2D eigenvalue weighted by atomic mass is 10.2. The number of benzene rings is 1. The van der Waals surface area contributed by atoms with Crippen LogP contribution in [0.2, 0.25) is 0 Å². The normalized spacial score (nSPS) is 10.6. The van der Waals surface area contributed by atoms with Crippen molar-refractivity contribution in [3.05, 3.63) is 47.0 Å². The zero-order valence-corrected chi connectivity index (χ0v) is 14.3. The van der Waals surface area contributed by atoms with Gasteiger partial charge in [0.25, 0.3) is 0 Å². The molecule has 0 radical (unpaired) electrons. The number of fused-ring (bicyclic) bond motifs is 2. The van der Waals surface area contributed by atoms with Crippen molar-refractivity contribution in [1.82, 2.24) is 0 Å². The molecule has 1 aromatic carbocycles. The summed E-state index contributed by atoms with van der Waals surface area (Å²) in [6.07, 6.45) is 7.23. The fraction of sp³-hybridized carbons (Fsp3) is 0.353. The highest BCUT2D eigenvalue weighted by molar-refractivity contribution is 14.1. The van der Waals surface area contributed by atoms with Crippen LogP contribution in [0.25, 0.3) is 21.9 Å². The van der Waals surface area contributed by atoms with Crippen molar-refractivity contribution in [3.63, 3.8) is 0 Å². The summed E-state index contributed by atoms with van der Waals surface area (Å²) in [4.78, 5) is 11.0. The van der Waals surface area contributed by atoms with Gasteiger partial charge in [-0.2, -0.15) is 0 Å². The minimum atomic E-state index is -0.344. The SMILES string of the molecule is CCCCCCI.O=c1ccc2cc3ccoc3cc2o1. The van der Waals surface area contributed by atoms with E-state index in [-0.39, 0.29) is 5.63 Å². The Labute approximate surface area is 137 Å². The Morgan fingerprint density at radius 2 is 1.81 bits per heavy atom. The third-order valence-electron chi connectivity index (χ3n) is 3.18. The van der Waals surface area contributed by atoms with Gasteiger partial charge in [0.2, 0.25) is 0 Å². The van der Waals surface area contributed by atoms with Crippen molar-refractivity contribution in [3.8, 4) is 0 Å². The largest absolute Gasteiger partial charge is 0.464 e. The Bertz CT molecular complexity index is 738. The summed E-state index contributed by atoms with van der Waals surface area (Å²) >= 11 is 2.43. The first kappa shape index (κ1) is 16.1. The molecule has 0 spiro atoms. The van der Waals surface area contributed by atoms with Gasteiger partial charge in [-0.05, 0) is 29.0 Å². The van der Waals surface area contributed by atoms with Crippen LogP contribution in [0.3, 0.4) is 0 Å². The molecule has 0 aliphatic heterocycles. The van der Waals surface area contributed by atoms with Crippen molar-refractivity contribution in [2.75, 3.05) is 4.43 Å². The van der Waals surface area contributed by atoms with Crippen molar-refractivity contribution >= 4 is 44.5 Å². The van der Waals surface area contributed by atoms with E-state index in [2.05, 4.69) is 29.5 Å². The highest BCUT2D eigenvalue weighted by Gasteiger charge is 2.01. The lowest BCUT2D eigenvalue weighted by Gasteiger charge is -1.94. The molecule has 0 aliphatic rings. The molecular formula is C17H19IO3. The van der Waals surface area contributed by atoms with Gasteiger partial charge in [0.15, 0.2) is 0 Å². The van der Waals surface area contributed by atoms with E-state index in [0.29, 0.717) is 5.58 Å². The Balaban J connectivity index is 0.000000199. The molecule has 0 fully saturated rings. The maximum atomic E-state index is 11.0. The summed E-state index contributed by atoms with van der Waals surface area (Å²) in [5.41, 5.74) is 0.940. The minimum absolute atomic E-state index is 0.344. The van der Waals surface area contributed by atoms with Gasteiger partial charge in [0.05, 0.1) is 6.26 Å². The smallest absolute Gasteiger partial charge is 0.336 e. The van der Waals surface area contributed by atoms with E-state index in [1.165, 1.54) is 36.2 Å². The molecule has 0 atom stereocenters. The van der Waals surface area contributed by atoms with E-state index in [9.17, 15) is 4.79 Å². The second-order valence-corrected chi connectivity index (χ2v) is 5.93. The molecule has 0 amide bonds. The minimum Gasteiger partial charge on any atom is -0.464 e. The molecule has 0 bridgehead atoms. The van der Waals surface area contributed by atoms with Crippen LogP contribution in [0.5, 0.6) is 0 Å². The Kier molecular flexibility index (Phi) is 6.29. The summed E-state index contributed by atoms with van der Waals surface area (Å²) < 4.78 is 11.6. The third kappa shape index (κ3) is 4.59. The van der Waals surface area contributed by atoms with Crippen molar-refractivity contribution in [2.24, 2.45) is 0 Å². The molecular weight excluding hydrogens is 379 g/mol. The predicted molar refractivity (Wildman–Crippen MR) is 95.3 cm³/mol. The number of unbranched alkanes of at least 4 members (excludes halogenated alkanes) is 3. The van der Waals surface area contributed by atoms with E-state index < -0.39 is 0 Å². The molecule has 3 rings (SSSR count). The Morgan fingerprint density at radius 3 is 2.57 bits per heavy atom. The topological polar surface area (TPSA) is 43.4 Å². The van der Waals surface area contributed by atoms with Crippen LogP contribution in [0.1, 0.15) is 32.6 Å². The lowest BCUT2D eigenvalue weighted by molar-refractivity contribution is 0.559. The third-order valence-corrected chi connectivity index (χ3v) is 3.94. The molecule has 2 heterocycles. The molecule has 0 unspecified atom stereocenters. The number of alkyl halides is 1. The lowest BCUT2D eigenvalue weighted by Crippen LogP contribution is -1.93. The summed E-state index contributed by atoms with van der Waals surface area (Å²) in [6, 6.07) is 8.69. The summed E-state index contributed by atoms with van der Waals surface area (Å²) in [7, 11) is 0. The van der Waals surface area contributed by atoms with Crippen molar-refractivity contribution in [1.29, 1.82) is 0 Å². The number of halogens is 1. The maximum absolute atomic E-state index is 11.0. The number of hydrogen-bond donors (Lipinski definition) is 0. The van der Waals surface area contributed by atoms with Gasteiger partial charge in [-0.3, -0.25) is 0 Å². The monoisotopic (exact) mass is 398 g/mol. The molecule has 3 aromatic rings. The van der Waals surface area contributed by atoms with Crippen LogP contribution in [0.15, 0.2) is 50.2 Å². The zero-order chi connectivity index (χ0) is 15.1. The fourth-order valence-electron chi connectivity index (χ4n) is 2.05. The molecule has 2 aromatic heterocycles. The summed E-state index contributed by atoms with van der Waals surface area (Å²) in [5, 5.41) is 1.91. The van der Waals surface area contributed by atoms with Gasteiger partial charge in [-0.15, -0.1) is 0 Å². The first-order valence-corrected chi connectivity index (χ1v) is 8.74. The van der Waals surface area contributed by atoms with Crippen LogP contribution >= 0.6 is 22.6 Å². The summed E-state index contributed by atoms with van der Waals surface area (Å²) in [6.45, 7) is 2.24. The van der Waals surface area contributed by atoms with Crippen LogP contribution < -0.4 is 5.63 Å². The molecule has 4 heteroatoms. The highest BCUT2D eigenvalue weighted by Crippen LogP contribution is 2.22. The van der Waals surface area contributed by atoms with E-state index in [0.717, 1.165) is 16.4 Å².